The van der Waals surface area contributed by atoms with Crippen LogP contribution < -0.4 is 15.4 Å². The van der Waals surface area contributed by atoms with Crippen molar-refractivity contribution in [3.05, 3.63) is 35.4 Å². The molecule has 2 aromatic heterocycles. The van der Waals surface area contributed by atoms with Crippen LogP contribution >= 0.6 is 11.3 Å². The summed E-state index contributed by atoms with van der Waals surface area (Å²) in [5.41, 5.74) is 2.25. The number of alkyl halides is 5. The first-order chi connectivity index (χ1) is 22.2. The molecule has 47 heavy (non-hydrogen) atoms. The number of nitrogens with zero attached hydrogens (tertiary/aromatic N) is 6. The van der Waals surface area contributed by atoms with E-state index in [0.29, 0.717) is 17.4 Å². The van der Waals surface area contributed by atoms with Crippen LogP contribution in [0.5, 0.6) is 6.01 Å². The number of aromatic nitrogens is 3. The highest BCUT2D eigenvalue weighted by atomic mass is 32.1. The summed E-state index contributed by atoms with van der Waals surface area (Å²) in [6, 6.07) is 1.41. The third-order valence-electron chi connectivity index (χ3n) is 8.12. The van der Waals surface area contributed by atoms with Crippen LogP contribution in [0.1, 0.15) is 18.9 Å². The molecule has 1 atom stereocenters. The molecule has 1 amide bonds. The van der Waals surface area contributed by atoms with Gasteiger partial charge in [0.05, 0.1) is 22.3 Å². The van der Waals surface area contributed by atoms with E-state index in [1.165, 1.54) is 23.8 Å². The molecule has 6 rings (SSSR count). The van der Waals surface area contributed by atoms with E-state index in [1.54, 1.807) is 4.90 Å². The average Bonchev–Trinajstić information content (AvgIpc) is 3.53. The van der Waals surface area contributed by atoms with E-state index in [-0.39, 0.29) is 64.9 Å². The van der Waals surface area contributed by atoms with Crippen LogP contribution in [0, 0.1) is 23.5 Å². The van der Waals surface area contributed by atoms with Crippen LogP contribution in [0.3, 0.4) is 0 Å². The number of fused-ring (bicyclic) bond motifs is 2. The number of benzene rings is 2. The highest BCUT2D eigenvalue weighted by Gasteiger charge is 2.44. The van der Waals surface area contributed by atoms with Gasteiger partial charge >= 0.3 is 12.2 Å². The van der Waals surface area contributed by atoms with Crippen molar-refractivity contribution in [3.63, 3.8) is 0 Å². The average molecular weight is 682 g/mol. The van der Waals surface area contributed by atoms with Crippen LogP contribution in [-0.2, 0) is 11.0 Å². The molecule has 0 aliphatic carbocycles. The number of halogens is 7. The maximum absolute atomic E-state index is 16.7. The Labute approximate surface area is 267 Å². The number of likely N-dealkylation sites (N-methyl/N-ethyl adjacent to an activating group) is 1. The molecule has 0 radical (unpaired) electrons. The lowest BCUT2D eigenvalue weighted by atomic mass is 9.95. The standard InChI is InChI=1S/C30H26F7N7O2S/c1-3-4-20(45)43-7-9-44(10-8-43)26-17-11-18(30(35,36)37)21(16-5-6-19(31)25-24(16)39-27(38)47-25)22(32)23(17)40-28(41-26)46-13-15-12-29(33,34)14-42(15)2/h5-6,11,15H,7-10,12-14H2,1-2H3,(H2,38,39). The summed E-state index contributed by atoms with van der Waals surface area (Å²) in [4.78, 5) is 29.1. The van der Waals surface area contributed by atoms with Crippen LogP contribution in [0.15, 0.2) is 18.2 Å². The van der Waals surface area contributed by atoms with E-state index in [9.17, 15) is 31.1 Å². The van der Waals surface area contributed by atoms with Crippen molar-refractivity contribution in [2.75, 3.05) is 57.0 Å². The molecule has 1 unspecified atom stereocenters. The molecule has 0 bridgehead atoms. The summed E-state index contributed by atoms with van der Waals surface area (Å²) >= 11 is 0.700. The van der Waals surface area contributed by atoms with Crippen molar-refractivity contribution in [2.24, 2.45) is 0 Å². The van der Waals surface area contributed by atoms with Crippen molar-refractivity contribution in [1.29, 1.82) is 0 Å². The zero-order chi connectivity index (χ0) is 33.8. The predicted octanol–water partition coefficient (Wildman–Crippen LogP) is 5.18. The first-order valence-corrected chi connectivity index (χ1v) is 15.1. The number of hydrogen-bond acceptors (Lipinski definition) is 9. The number of anilines is 2. The molecular formula is C30H26F7N7O2S. The second kappa shape index (κ2) is 12.0. The molecule has 2 saturated heterocycles. The minimum absolute atomic E-state index is 0.0989. The van der Waals surface area contributed by atoms with Crippen molar-refractivity contribution in [2.45, 2.75) is 31.5 Å². The normalized spacial score (nSPS) is 18.5. The number of amides is 1. The fraction of sp³-hybridized carbons (Fsp3) is 0.400. The van der Waals surface area contributed by atoms with Gasteiger partial charge in [-0.2, -0.15) is 23.1 Å². The second-order valence-corrected chi connectivity index (χ2v) is 12.3. The zero-order valence-corrected chi connectivity index (χ0v) is 25.7. The van der Waals surface area contributed by atoms with E-state index < -0.39 is 71.3 Å². The maximum Gasteiger partial charge on any atom is 0.417 e. The summed E-state index contributed by atoms with van der Waals surface area (Å²) in [6.45, 7) is 1.19. The highest BCUT2D eigenvalue weighted by Crippen LogP contribution is 2.46. The Hall–Kier alpha value is -4.43. The van der Waals surface area contributed by atoms with Crippen LogP contribution in [0.2, 0.25) is 0 Å². The molecule has 248 valence electrons. The minimum atomic E-state index is -5.10. The molecular weight excluding hydrogens is 655 g/mol. The maximum atomic E-state index is 16.7. The first-order valence-electron chi connectivity index (χ1n) is 14.3. The second-order valence-electron chi connectivity index (χ2n) is 11.3. The van der Waals surface area contributed by atoms with Crippen molar-refractivity contribution < 1.29 is 40.3 Å². The molecule has 2 aliphatic heterocycles. The number of carbonyl (C=O) groups is 1. The Morgan fingerprint density at radius 3 is 2.49 bits per heavy atom. The van der Waals surface area contributed by atoms with Gasteiger partial charge in [-0.05, 0) is 38.1 Å². The number of rotatable bonds is 5. The fourth-order valence-electron chi connectivity index (χ4n) is 5.90. The van der Waals surface area contributed by atoms with Crippen LogP contribution in [0.25, 0.3) is 32.2 Å². The van der Waals surface area contributed by atoms with E-state index in [2.05, 4.69) is 26.8 Å². The number of hydrogen-bond donors (Lipinski definition) is 1. The Morgan fingerprint density at radius 2 is 1.85 bits per heavy atom. The van der Waals surface area contributed by atoms with Gasteiger partial charge in [0.15, 0.2) is 10.9 Å². The van der Waals surface area contributed by atoms with Crippen LogP contribution in [-0.4, -0.2) is 89.0 Å². The fourth-order valence-corrected chi connectivity index (χ4v) is 6.66. The predicted molar refractivity (Wildman–Crippen MR) is 161 cm³/mol. The lowest BCUT2D eigenvalue weighted by Gasteiger charge is -2.35. The monoisotopic (exact) mass is 681 g/mol. The SMILES string of the molecule is CC#CC(=O)N1CCN(c2nc(OCC3CC(F)(F)CN3C)nc3c(F)c(-c4ccc(F)c5sc(N)nc45)c(C(F)(F)F)cc23)CC1. The molecule has 0 spiro atoms. The molecule has 2 aliphatic rings. The molecule has 4 heterocycles. The van der Waals surface area contributed by atoms with Gasteiger partial charge in [-0.1, -0.05) is 17.3 Å². The first kappa shape index (κ1) is 32.5. The van der Waals surface area contributed by atoms with Gasteiger partial charge in [-0.15, -0.1) is 0 Å². The Bertz CT molecular complexity index is 1950. The topological polar surface area (TPSA) is 101 Å². The summed E-state index contributed by atoms with van der Waals surface area (Å²) in [6.07, 6.45) is -5.60. The summed E-state index contributed by atoms with van der Waals surface area (Å²) in [5.74, 6) is -0.724. The smallest absolute Gasteiger partial charge is 0.417 e. The Morgan fingerprint density at radius 1 is 1.13 bits per heavy atom. The van der Waals surface area contributed by atoms with Crippen molar-refractivity contribution in [1.82, 2.24) is 24.8 Å². The van der Waals surface area contributed by atoms with Gasteiger partial charge in [0.2, 0.25) is 0 Å². The van der Waals surface area contributed by atoms with Crippen molar-refractivity contribution in [3.8, 4) is 29.0 Å². The number of ether oxygens (including phenoxy) is 1. The van der Waals surface area contributed by atoms with E-state index in [4.69, 9.17) is 10.5 Å². The molecule has 4 aromatic rings. The van der Waals surface area contributed by atoms with E-state index >= 15 is 4.39 Å². The number of likely N-dealkylation sites (tertiary alicyclic amines) is 1. The Balaban J connectivity index is 1.51. The van der Waals surface area contributed by atoms with Gasteiger partial charge in [-0.25, -0.2) is 22.5 Å². The Kier molecular flexibility index (Phi) is 8.29. The molecule has 2 N–H and O–H groups in total. The molecule has 9 nitrogen and oxygen atoms in total. The quantitative estimate of drug-likeness (QED) is 0.228. The van der Waals surface area contributed by atoms with Gasteiger partial charge in [0, 0.05) is 55.2 Å². The minimum Gasteiger partial charge on any atom is -0.462 e. The van der Waals surface area contributed by atoms with Gasteiger partial charge < -0.3 is 20.3 Å². The summed E-state index contributed by atoms with van der Waals surface area (Å²) in [7, 11) is 1.49. The van der Waals surface area contributed by atoms with E-state index in [0.717, 1.165) is 12.1 Å². The summed E-state index contributed by atoms with van der Waals surface area (Å²) in [5, 5.41) is -0.439. The number of nitrogen functional groups attached to an aromatic ring is 1. The number of carbonyl (C=O) groups excluding carboxylic acids is 1. The lowest BCUT2D eigenvalue weighted by Crippen LogP contribution is -2.48. The third kappa shape index (κ3) is 6.19. The van der Waals surface area contributed by atoms with E-state index in [1.807, 2.05) is 0 Å². The third-order valence-corrected chi connectivity index (χ3v) is 9.01. The lowest BCUT2D eigenvalue weighted by molar-refractivity contribution is -0.137. The van der Waals surface area contributed by atoms with Gasteiger partial charge in [-0.3, -0.25) is 9.69 Å². The van der Waals surface area contributed by atoms with Gasteiger partial charge in [0.25, 0.3) is 11.8 Å². The molecule has 2 aromatic carbocycles. The molecule has 0 saturated carbocycles. The van der Waals surface area contributed by atoms with Gasteiger partial charge in [0.1, 0.15) is 23.8 Å². The zero-order valence-electron chi connectivity index (χ0n) is 24.9. The molecule has 17 heteroatoms. The number of thiazole rings is 1. The highest BCUT2D eigenvalue weighted by molar-refractivity contribution is 7.22. The van der Waals surface area contributed by atoms with Crippen LogP contribution in [0.4, 0.5) is 41.7 Å². The summed E-state index contributed by atoms with van der Waals surface area (Å²) < 4.78 is 109. The number of nitrogens with two attached hydrogens (primary N) is 1. The largest absolute Gasteiger partial charge is 0.462 e. The van der Waals surface area contributed by atoms with Crippen molar-refractivity contribution >= 4 is 49.3 Å². The molecule has 2 fully saturated rings. The number of piperazine rings is 1.